The number of imide groups is 1. The third-order valence-corrected chi connectivity index (χ3v) is 5.97. The fourth-order valence-electron chi connectivity index (χ4n) is 3.77. The average molecular weight is 492 g/mol. The summed E-state index contributed by atoms with van der Waals surface area (Å²) in [5, 5.41) is 5.19. The van der Waals surface area contributed by atoms with Gasteiger partial charge in [0.15, 0.2) is 0 Å². The number of hydrogen-bond acceptors (Lipinski definition) is 5. The summed E-state index contributed by atoms with van der Waals surface area (Å²) in [4.78, 5) is 38.7. The molecule has 0 radical (unpaired) electrons. The third-order valence-electron chi connectivity index (χ3n) is 5.97. The van der Waals surface area contributed by atoms with Gasteiger partial charge >= 0.3 is 6.03 Å². The number of urea groups is 1. The van der Waals surface area contributed by atoms with Crippen LogP contribution in [0.3, 0.4) is 0 Å². The van der Waals surface area contributed by atoms with E-state index in [0.717, 1.165) is 5.56 Å². The lowest BCUT2D eigenvalue weighted by atomic mass is 10.0. The van der Waals surface area contributed by atoms with Gasteiger partial charge in [0.1, 0.15) is 28.6 Å². The number of carbonyl (C=O) groups excluding carboxylic acids is 3. The first-order chi connectivity index (χ1) is 17.2. The van der Waals surface area contributed by atoms with Crippen LogP contribution in [-0.2, 0) is 17.9 Å². The van der Waals surface area contributed by atoms with E-state index in [1.165, 1.54) is 24.1 Å². The van der Waals surface area contributed by atoms with Crippen LogP contribution in [0.5, 0.6) is 17.2 Å². The summed E-state index contributed by atoms with van der Waals surface area (Å²) in [6.07, 6.45) is 0. The predicted molar refractivity (Wildman–Crippen MR) is 130 cm³/mol. The van der Waals surface area contributed by atoms with E-state index in [9.17, 15) is 18.8 Å². The summed E-state index contributed by atoms with van der Waals surface area (Å²) in [6.45, 7) is 3.75. The van der Waals surface area contributed by atoms with E-state index < -0.39 is 11.6 Å². The van der Waals surface area contributed by atoms with E-state index in [-0.39, 0.29) is 30.7 Å². The van der Waals surface area contributed by atoms with E-state index in [0.29, 0.717) is 28.4 Å². The van der Waals surface area contributed by atoms with Gasteiger partial charge in [-0.25, -0.2) is 9.18 Å². The van der Waals surface area contributed by atoms with Crippen molar-refractivity contribution in [3.8, 4) is 17.2 Å². The molecule has 0 spiro atoms. The molecule has 1 saturated heterocycles. The summed E-state index contributed by atoms with van der Waals surface area (Å²) in [6, 6.07) is 17.5. The topological polar surface area (TPSA) is 97.0 Å². The van der Waals surface area contributed by atoms with Crippen LogP contribution in [0.4, 0.5) is 9.18 Å². The van der Waals surface area contributed by atoms with Crippen molar-refractivity contribution in [1.29, 1.82) is 0 Å². The highest BCUT2D eigenvalue weighted by atomic mass is 19.1. The fourth-order valence-corrected chi connectivity index (χ4v) is 3.77. The summed E-state index contributed by atoms with van der Waals surface area (Å²) in [5.41, 5.74) is 0.849. The molecule has 36 heavy (non-hydrogen) atoms. The third kappa shape index (κ3) is 5.30. The Bertz CT molecular complexity index is 1290. The number of hydrogen-bond donors (Lipinski definition) is 2. The molecule has 1 heterocycles. The van der Waals surface area contributed by atoms with Gasteiger partial charge in [0, 0.05) is 13.1 Å². The number of ether oxygens (including phenoxy) is 2. The maximum Gasteiger partial charge on any atom is 0.325 e. The molecule has 3 aromatic rings. The first-order valence-corrected chi connectivity index (χ1v) is 11.3. The molecule has 0 unspecified atom stereocenters. The number of methoxy groups -OCH3 is 1. The van der Waals surface area contributed by atoms with Gasteiger partial charge in [-0.05, 0) is 73.5 Å². The average Bonchev–Trinajstić information content (AvgIpc) is 3.06. The number of carbonyl (C=O) groups is 3. The van der Waals surface area contributed by atoms with Crippen LogP contribution in [0.25, 0.3) is 0 Å². The highest BCUT2D eigenvalue weighted by molar-refractivity contribution is 6.06. The van der Waals surface area contributed by atoms with Crippen LogP contribution >= 0.6 is 0 Å². The summed E-state index contributed by atoms with van der Waals surface area (Å²) >= 11 is 0. The molecule has 4 rings (SSSR count). The summed E-state index contributed by atoms with van der Waals surface area (Å²) in [7, 11) is 1.47. The van der Waals surface area contributed by atoms with Crippen molar-refractivity contribution in [2.45, 2.75) is 32.5 Å². The number of nitrogens with one attached hydrogen (secondary N) is 2. The van der Waals surface area contributed by atoms with Crippen molar-refractivity contribution < 1.29 is 28.2 Å². The molecule has 2 N–H and O–H groups in total. The van der Waals surface area contributed by atoms with E-state index in [1.54, 1.807) is 56.3 Å². The van der Waals surface area contributed by atoms with Gasteiger partial charge in [0.2, 0.25) is 0 Å². The molecule has 8 nitrogen and oxygen atoms in total. The molecule has 1 aliphatic rings. The highest BCUT2D eigenvalue weighted by Crippen LogP contribution is 2.27. The molecule has 186 valence electrons. The van der Waals surface area contributed by atoms with Crippen molar-refractivity contribution in [2.24, 2.45) is 0 Å². The standard InChI is InChI=1S/C27H26FN3O5/c1-27(2)25(33)30-26(34)31(27)16-18-6-13-23(35-3)22(14-18)24(32)29-15-17-4-9-20(10-5-17)36-21-11-7-19(28)8-12-21/h4-14H,15-16H2,1-3H3,(H,29,32)(H,30,33,34). The number of nitrogens with zero attached hydrogens (tertiary/aromatic N) is 1. The van der Waals surface area contributed by atoms with E-state index in [4.69, 9.17) is 9.47 Å². The molecule has 3 aromatic carbocycles. The van der Waals surface area contributed by atoms with Gasteiger partial charge in [-0.3, -0.25) is 14.9 Å². The highest BCUT2D eigenvalue weighted by Gasteiger charge is 2.45. The molecular weight excluding hydrogens is 465 g/mol. The Morgan fingerprint density at radius 2 is 1.58 bits per heavy atom. The van der Waals surface area contributed by atoms with E-state index in [2.05, 4.69) is 10.6 Å². The molecule has 0 atom stereocenters. The molecule has 9 heteroatoms. The second kappa shape index (κ2) is 10.1. The molecule has 0 saturated carbocycles. The van der Waals surface area contributed by atoms with E-state index in [1.807, 2.05) is 12.1 Å². The molecule has 4 amide bonds. The number of amides is 4. The Kier molecular flexibility index (Phi) is 6.91. The second-order valence-electron chi connectivity index (χ2n) is 8.82. The molecular formula is C27H26FN3O5. The number of benzene rings is 3. The zero-order chi connectivity index (χ0) is 25.9. The van der Waals surface area contributed by atoms with Crippen LogP contribution in [0.2, 0.25) is 0 Å². The normalized spacial score (nSPS) is 14.4. The van der Waals surface area contributed by atoms with Crippen LogP contribution in [0.1, 0.15) is 35.3 Å². The number of rotatable bonds is 8. The molecule has 0 aromatic heterocycles. The fraction of sp³-hybridized carbons (Fsp3) is 0.222. The first-order valence-electron chi connectivity index (χ1n) is 11.3. The SMILES string of the molecule is COc1ccc(CN2C(=O)NC(=O)C2(C)C)cc1C(=O)NCc1ccc(Oc2ccc(F)cc2)cc1. The van der Waals surface area contributed by atoms with Gasteiger partial charge in [0.25, 0.3) is 11.8 Å². The smallest absolute Gasteiger partial charge is 0.325 e. The van der Waals surface area contributed by atoms with Crippen molar-refractivity contribution in [2.75, 3.05) is 7.11 Å². The minimum Gasteiger partial charge on any atom is -0.496 e. The molecule has 0 bridgehead atoms. The maximum atomic E-state index is 13.0. The lowest BCUT2D eigenvalue weighted by molar-refractivity contribution is -0.125. The van der Waals surface area contributed by atoms with Gasteiger partial charge < -0.3 is 19.7 Å². The summed E-state index contributed by atoms with van der Waals surface area (Å²) < 4.78 is 24.1. The quantitative estimate of drug-likeness (QED) is 0.456. The largest absolute Gasteiger partial charge is 0.496 e. The maximum absolute atomic E-state index is 13.0. The van der Waals surface area contributed by atoms with E-state index >= 15 is 0 Å². The summed E-state index contributed by atoms with van der Waals surface area (Å²) in [5.74, 6) is 0.438. The van der Waals surface area contributed by atoms with Crippen LogP contribution < -0.4 is 20.1 Å². The Hall–Kier alpha value is -4.40. The molecule has 0 aliphatic carbocycles. The Morgan fingerprint density at radius 1 is 0.972 bits per heavy atom. The zero-order valence-electron chi connectivity index (χ0n) is 20.1. The van der Waals surface area contributed by atoms with Crippen molar-refractivity contribution in [3.05, 3.63) is 89.2 Å². The van der Waals surface area contributed by atoms with Gasteiger partial charge in [-0.15, -0.1) is 0 Å². The van der Waals surface area contributed by atoms with Crippen LogP contribution in [0.15, 0.2) is 66.7 Å². The van der Waals surface area contributed by atoms with Crippen molar-refractivity contribution >= 4 is 17.8 Å². The predicted octanol–water partition coefficient (Wildman–Crippen LogP) is 4.39. The van der Waals surface area contributed by atoms with Gasteiger partial charge in [-0.1, -0.05) is 18.2 Å². The number of halogens is 1. The Morgan fingerprint density at radius 3 is 2.17 bits per heavy atom. The Balaban J connectivity index is 1.41. The molecule has 1 aliphatic heterocycles. The zero-order valence-corrected chi connectivity index (χ0v) is 20.1. The lowest BCUT2D eigenvalue weighted by Gasteiger charge is -2.28. The minimum atomic E-state index is -0.994. The van der Waals surface area contributed by atoms with Crippen molar-refractivity contribution in [3.63, 3.8) is 0 Å². The second-order valence-corrected chi connectivity index (χ2v) is 8.82. The van der Waals surface area contributed by atoms with Gasteiger partial charge in [0.05, 0.1) is 12.7 Å². The van der Waals surface area contributed by atoms with Gasteiger partial charge in [-0.2, -0.15) is 0 Å². The Labute approximate surface area is 208 Å². The minimum absolute atomic E-state index is 0.157. The van der Waals surface area contributed by atoms with Crippen LogP contribution in [0, 0.1) is 5.82 Å². The van der Waals surface area contributed by atoms with Crippen LogP contribution in [-0.4, -0.2) is 35.4 Å². The monoisotopic (exact) mass is 491 g/mol. The molecule has 1 fully saturated rings. The lowest BCUT2D eigenvalue weighted by Crippen LogP contribution is -2.43. The van der Waals surface area contributed by atoms with Crippen molar-refractivity contribution in [1.82, 2.24) is 15.5 Å². The first kappa shape index (κ1) is 24.7.